The lowest BCUT2D eigenvalue weighted by Crippen LogP contribution is -2.33. The van der Waals surface area contributed by atoms with Crippen molar-refractivity contribution in [1.82, 2.24) is 29.3 Å². The van der Waals surface area contributed by atoms with E-state index in [-0.39, 0.29) is 10.9 Å². The number of benzene rings is 1. The standard InChI is InChI=1S/C16H18N6O2S/c23-25(24,20-15-7-4-8-22-16(15)17-12-19-22)14-9-18-21(11-14)10-13-5-2-1-3-6-13/h1-3,5-6,9,11-12,15,20H,4,7-8,10H2. The molecule has 0 radical (unpaired) electrons. The van der Waals surface area contributed by atoms with Gasteiger partial charge in [0.2, 0.25) is 10.0 Å². The number of rotatable bonds is 5. The first kappa shape index (κ1) is 16.0. The Labute approximate surface area is 145 Å². The van der Waals surface area contributed by atoms with Gasteiger partial charge in [0.25, 0.3) is 0 Å². The van der Waals surface area contributed by atoms with E-state index in [1.165, 1.54) is 12.5 Å². The van der Waals surface area contributed by atoms with Crippen molar-refractivity contribution in [3.05, 3.63) is 60.4 Å². The summed E-state index contributed by atoms with van der Waals surface area (Å²) in [7, 11) is -3.67. The Morgan fingerprint density at radius 1 is 1.20 bits per heavy atom. The highest BCUT2D eigenvalue weighted by Gasteiger charge is 2.28. The lowest BCUT2D eigenvalue weighted by Gasteiger charge is -2.22. The van der Waals surface area contributed by atoms with Crippen molar-refractivity contribution in [3.8, 4) is 0 Å². The average molecular weight is 358 g/mol. The SMILES string of the molecule is O=S(=O)(NC1CCCn2ncnc21)c1cnn(Cc2ccccc2)c1. The van der Waals surface area contributed by atoms with Crippen LogP contribution < -0.4 is 4.72 Å². The molecule has 0 bridgehead atoms. The van der Waals surface area contributed by atoms with Gasteiger partial charge < -0.3 is 0 Å². The van der Waals surface area contributed by atoms with Crippen LogP contribution in [0.25, 0.3) is 0 Å². The molecule has 0 fully saturated rings. The fourth-order valence-corrected chi connectivity index (χ4v) is 4.18. The fourth-order valence-electron chi connectivity index (χ4n) is 3.00. The Morgan fingerprint density at radius 3 is 2.88 bits per heavy atom. The van der Waals surface area contributed by atoms with E-state index in [0.717, 1.165) is 18.5 Å². The van der Waals surface area contributed by atoms with Crippen LogP contribution in [0.5, 0.6) is 0 Å². The minimum atomic E-state index is -3.67. The van der Waals surface area contributed by atoms with Crippen molar-refractivity contribution in [2.24, 2.45) is 0 Å². The van der Waals surface area contributed by atoms with Crippen molar-refractivity contribution in [3.63, 3.8) is 0 Å². The van der Waals surface area contributed by atoms with Crippen molar-refractivity contribution in [2.45, 2.75) is 36.9 Å². The van der Waals surface area contributed by atoms with E-state index < -0.39 is 10.0 Å². The number of nitrogens with one attached hydrogen (secondary N) is 1. The Morgan fingerprint density at radius 2 is 2.04 bits per heavy atom. The Balaban J connectivity index is 1.52. The Bertz CT molecular complexity index is 963. The normalized spacial score (nSPS) is 17.4. The molecule has 9 heteroatoms. The molecule has 1 aromatic carbocycles. The fraction of sp³-hybridized carbons (Fsp3) is 0.312. The molecule has 1 aliphatic rings. The number of fused-ring (bicyclic) bond motifs is 1. The van der Waals surface area contributed by atoms with Gasteiger partial charge in [-0.15, -0.1) is 0 Å². The van der Waals surface area contributed by atoms with Crippen LogP contribution in [0.4, 0.5) is 0 Å². The van der Waals surface area contributed by atoms with E-state index in [4.69, 9.17) is 0 Å². The largest absolute Gasteiger partial charge is 0.267 e. The molecule has 0 saturated carbocycles. The molecule has 4 rings (SSSR count). The van der Waals surface area contributed by atoms with Crippen LogP contribution in [0.1, 0.15) is 30.3 Å². The van der Waals surface area contributed by atoms with Crippen molar-refractivity contribution in [2.75, 3.05) is 0 Å². The molecular weight excluding hydrogens is 340 g/mol. The quantitative estimate of drug-likeness (QED) is 0.743. The summed E-state index contributed by atoms with van der Waals surface area (Å²) in [6.45, 7) is 1.29. The molecule has 1 aliphatic heterocycles. The molecule has 0 saturated heterocycles. The Kier molecular flexibility index (Phi) is 4.10. The average Bonchev–Trinajstić information content (AvgIpc) is 3.25. The van der Waals surface area contributed by atoms with Gasteiger partial charge in [-0.3, -0.25) is 4.68 Å². The summed E-state index contributed by atoms with van der Waals surface area (Å²) < 4.78 is 31.4. The van der Waals surface area contributed by atoms with Crippen LogP contribution in [-0.4, -0.2) is 33.0 Å². The zero-order valence-electron chi connectivity index (χ0n) is 13.5. The number of nitrogens with zero attached hydrogens (tertiary/aromatic N) is 5. The van der Waals surface area contributed by atoms with E-state index in [1.807, 2.05) is 30.3 Å². The van der Waals surface area contributed by atoms with Crippen LogP contribution in [0.15, 0.2) is 53.9 Å². The summed E-state index contributed by atoms with van der Waals surface area (Å²) in [5.41, 5.74) is 1.06. The molecule has 1 N–H and O–H groups in total. The minimum absolute atomic E-state index is 0.153. The first-order valence-corrected chi connectivity index (χ1v) is 9.56. The third-order valence-electron chi connectivity index (χ3n) is 4.22. The number of aryl methyl sites for hydroxylation is 1. The van der Waals surface area contributed by atoms with Gasteiger partial charge in [0, 0.05) is 12.7 Å². The topological polar surface area (TPSA) is 94.7 Å². The number of sulfonamides is 1. The first-order valence-electron chi connectivity index (χ1n) is 8.08. The van der Waals surface area contributed by atoms with Gasteiger partial charge in [0.15, 0.2) is 0 Å². The predicted molar refractivity (Wildman–Crippen MR) is 90.1 cm³/mol. The van der Waals surface area contributed by atoms with E-state index in [1.54, 1.807) is 15.6 Å². The second kappa shape index (κ2) is 6.41. The first-order chi connectivity index (χ1) is 12.1. The molecule has 0 amide bonds. The predicted octanol–water partition coefficient (Wildman–Crippen LogP) is 1.34. The second-order valence-electron chi connectivity index (χ2n) is 6.02. The van der Waals surface area contributed by atoms with Crippen LogP contribution in [0.2, 0.25) is 0 Å². The van der Waals surface area contributed by atoms with Gasteiger partial charge >= 0.3 is 0 Å². The smallest absolute Gasteiger partial charge is 0.244 e. The van der Waals surface area contributed by atoms with E-state index in [9.17, 15) is 8.42 Å². The van der Waals surface area contributed by atoms with E-state index >= 15 is 0 Å². The van der Waals surface area contributed by atoms with Gasteiger partial charge in [0.1, 0.15) is 17.0 Å². The molecule has 3 aromatic rings. The zero-order valence-corrected chi connectivity index (χ0v) is 14.3. The molecule has 8 nitrogen and oxygen atoms in total. The van der Waals surface area contributed by atoms with Crippen molar-refractivity contribution < 1.29 is 8.42 Å². The maximum Gasteiger partial charge on any atom is 0.244 e. The summed E-state index contributed by atoms with van der Waals surface area (Å²) in [6.07, 6.45) is 5.94. The molecular formula is C16H18N6O2S. The van der Waals surface area contributed by atoms with Gasteiger partial charge in [-0.05, 0) is 18.4 Å². The van der Waals surface area contributed by atoms with Gasteiger partial charge in [-0.25, -0.2) is 22.8 Å². The van der Waals surface area contributed by atoms with E-state index in [2.05, 4.69) is 19.9 Å². The zero-order chi connectivity index (χ0) is 17.3. The molecule has 0 aliphatic carbocycles. The van der Waals surface area contributed by atoms with Gasteiger partial charge in [-0.1, -0.05) is 30.3 Å². The number of hydrogen-bond donors (Lipinski definition) is 1. The Hall–Kier alpha value is -2.52. The highest BCUT2D eigenvalue weighted by Crippen LogP contribution is 2.24. The molecule has 25 heavy (non-hydrogen) atoms. The molecule has 2 aromatic heterocycles. The summed E-state index contributed by atoms with van der Waals surface area (Å²) in [5.74, 6) is 0.659. The summed E-state index contributed by atoms with van der Waals surface area (Å²) in [5, 5.41) is 8.28. The van der Waals surface area contributed by atoms with Gasteiger partial charge in [-0.2, -0.15) is 10.2 Å². The molecule has 130 valence electrons. The van der Waals surface area contributed by atoms with Crippen LogP contribution in [0.3, 0.4) is 0 Å². The van der Waals surface area contributed by atoms with Crippen molar-refractivity contribution >= 4 is 10.0 Å². The molecule has 3 heterocycles. The maximum atomic E-state index is 12.7. The van der Waals surface area contributed by atoms with E-state index in [0.29, 0.717) is 18.8 Å². The molecule has 0 spiro atoms. The summed E-state index contributed by atoms with van der Waals surface area (Å²) in [6, 6.07) is 9.41. The van der Waals surface area contributed by atoms with Crippen LogP contribution in [-0.2, 0) is 23.1 Å². The van der Waals surface area contributed by atoms with Gasteiger partial charge in [0.05, 0.1) is 18.8 Å². The lowest BCUT2D eigenvalue weighted by molar-refractivity contribution is 0.400. The second-order valence-corrected chi connectivity index (χ2v) is 7.73. The highest BCUT2D eigenvalue weighted by atomic mass is 32.2. The lowest BCUT2D eigenvalue weighted by atomic mass is 10.1. The monoisotopic (exact) mass is 358 g/mol. The third kappa shape index (κ3) is 3.33. The molecule has 1 atom stereocenters. The number of aromatic nitrogens is 5. The minimum Gasteiger partial charge on any atom is -0.267 e. The van der Waals surface area contributed by atoms with Crippen molar-refractivity contribution in [1.29, 1.82) is 0 Å². The maximum absolute atomic E-state index is 12.7. The summed E-state index contributed by atoms with van der Waals surface area (Å²) in [4.78, 5) is 4.33. The molecule has 1 unspecified atom stereocenters. The van der Waals surface area contributed by atoms with Crippen LogP contribution >= 0.6 is 0 Å². The number of hydrogen-bond acceptors (Lipinski definition) is 5. The van der Waals surface area contributed by atoms with Crippen LogP contribution in [0, 0.1) is 0 Å². The third-order valence-corrected chi connectivity index (χ3v) is 5.65. The highest BCUT2D eigenvalue weighted by molar-refractivity contribution is 7.89. The summed E-state index contributed by atoms with van der Waals surface area (Å²) >= 11 is 0.